The van der Waals surface area contributed by atoms with Gasteiger partial charge in [-0.15, -0.1) is 0 Å². The molecule has 0 aliphatic carbocycles. The van der Waals surface area contributed by atoms with Crippen molar-refractivity contribution < 1.29 is 4.21 Å². The summed E-state index contributed by atoms with van der Waals surface area (Å²) < 4.78 is 11.3. The van der Waals surface area contributed by atoms with Crippen LogP contribution in [0.15, 0.2) is 0 Å². The van der Waals surface area contributed by atoms with E-state index in [2.05, 4.69) is 26.1 Å². The zero-order valence-electron chi connectivity index (χ0n) is 11.0. The molecule has 0 amide bonds. The van der Waals surface area contributed by atoms with Crippen LogP contribution in [0.3, 0.4) is 0 Å². The van der Waals surface area contributed by atoms with Gasteiger partial charge in [0, 0.05) is 34.4 Å². The fraction of sp³-hybridized carbons (Fsp3) is 1.00. The molecule has 1 N–H and O–H groups in total. The first kappa shape index (κ1) is 14.2. The van der Waals surface area contributed by atoms with E-state index in [4.69, 9.17) is 0 Å². The highest BCUT2D eigenvalue weighted by molar-refractivity contribution is 7.85. The molecule has 0 aromatic carbocycles. The minimum absolute atomic E-state index is 0.530. The summed E-state index contributed by atoms with van der Waals surface area (Å²) in [5.74, 6) is 2.62. The Balaban J connectivity index is 2.29. The van der Waals surface area contributed by atoms with Gasteiger partial charge < -0.3 is 5.32 Å². The molecule has 0 aromatic rings. The van der Waals surface area contributed by atoms with Gasteiger partial charge in [-0.2, -0.15) is 0 Å². The molecule has 0 bridgehead atoms. The average Bonchev–Trinajstić information content (AvgIpc) is 2.30. The molecular formula is C13H27NOS. The SMILES string of the molecule is CCC(C)CC(CC)NC1CCS(=O)CC1. The molecule has 2 unspecified atom stereocenters. The molecule has 0 spiro atoms. The Morgan fingerprint density at radius 1 is 1.25 bits per heavy atom. The van der Waals surface area contributed by atoms with Crippen LogP contribution < -0.4 is 5.32 Å². The molecule has 1 saturated heterocycles. The lowest BCUT2D eigenvalue weighted by molar-refractivity contribution is 0.336. The van der Waals surface area contributed by atoms with Gasteiger partial charge in [-0.3, -0.25) is 4.21 Å². The van der Waals surface area contributed by atoms with Crippen LogP contribution in [0.5, 0.6) is 0 Å². The molecule has 1 heterocycles. The molecule has 2 nitrogen and oxygen atoms in total. The van der Waals surface area contributed by atoms with Crippen molar-refractivity contribution in [3.05, 3.63) is 0 Å². The fourth-order valence-electron chi connectivity index (χ4n) is 2.30. The highest BCUT2D eigenvalue weighted by atomic mass is 32.2. The largest absolute Gasteiger partial charge is 0.311 e. The monoisotopic (exact) mass is 245 g/mol. The molecule has 2 atom stereocenters. The summed E-state index contributed by atoms with van der Waals surface area (Å²) in [5.41, 5.74) is 0. The van der Waals surface area contributed by atoms with E-state index < -0.39 is 10.8 Å². The van der Waals surface area contributed by atoms with Crippen molar-refractivity contribution in [1.82, 2.24) is 5.32 Å². The predicted molar refractivity (Wildman–Crippen MR) is 72.2 cm³/mol. The van der Waals surface area contributed by atoms with E-state index in [1.54, 1.807) is 0 Å². The standard InChI is InChI=1S/C13H27NOS/c1-4-11(3)10-12(5-2)14-13-6-8-16(15)9-7-13/h11-14H,4-10H2,1-3H3. The van der Waals surface area contributed by atoms with Gasteiger partial charge in [0.15, 0.2) is 0 Å². The van der Waals surface area contributed by atoms with Gasteiger partial charge in [-0.1, -0.05) is 27.2 Å². The Labute approximate surface area is 103 Å². The smallest absolute Gasteiger partial charge is 0.0249 e. The van der Waals surface area contributed by atoms with Gasteiger partial charge in [-0.05, 0) is 31.6 Å². The van der Waals surface area contributed by atoms with E-state index >= 15 is 0 Å². The highest BCUT2D eigenvalue weighted by Gasteiger charge is 2.20. The molecule has 1 aliphatic rings. The van der Waals surface area contributed by atoms with Crippen molar-refractivity contribution in [3.8, 4) is 0 Å². The highest BCUT2D eigenvalue weighted by Crippen LogP contribution is 2.16. The van der Waals surface area contributed by atoms with Gasteiger partial charge in [0.1, 0.15) is 0 Å². The molecule has 1 aliphatic heterocycles. The second-order valence-electron chi connectivity index (χ2n) is 5.14. The van der Waals surface area contributed by atoms with Crippen LogP contribution in [0.1, 0.15) is 52.9 Å². The van der Waals surface area contributed by atoms with Crippen molar-refractivity contribution >= 4 is 10.8 Å². The zero-order valence-corrected chi connectivity index (χ0v) is 11.8. The minimum atomic E-state index is -0.530. The molecule has 0 saturated carbocycles. The van der Waals surface area contributed by atoms with E-state index in [0.29, 0.717) is 12.1 Å². The third-order valence-corrected chi connectivity index (χ3v) is 5.12. The number of rotatable bonds is 6. The van der Waals surface area contributed by atoms with E-state index in [0.717, 1.165) is 30.3 Å². The molecule has 0 radical (unpaired) electrons. The second kappa shape index (κ2) is 7.44. The maximum Gasteiger partial charge on any atom is 0.0249 e. The number of nitrogens with one attached hydrogen (secondary N) is 1. The summed E-state index contributed by atoms with van der Waals surface area (Å²) in [6.45, 7) is 6.86. The quantitative estimate of drug-likeness (QED) is 0.779. The van der Waals surface area contributed by atoms with E-state index in [9.17, 15) is 4.21 Å². The Morgan fingerprint density at radius 2 is 1.88 bits per heavy atom. The second-order valence-corrected chi connectivity index (χ2v) is 6.84. The van der Waals surface area contributed by atoms with Crippen LogP contribution in [0, 0.1) is 5.92 Å². The first-order valence-corrected chi connectivity index (χ1v) is 8.25. The normalized spacial score (nSPS) is 29.9. The topological polar surface area (TPSA) is 29.1 Å². The van der Waals surface area contributed by atoms with Crippen LogP contribution >= 0.6 is 0 Å². The summed E-state index contributed by atoms with van der Waals surface area (Å²) in [4.78, 5) is 0. The third-order valence-electron chi connectivity index (χ3n) is 3.74. The maximum atomic E-state index is 11.3. The summed E-state index contributed by atoms with van der Waals surface area (Å²) in [5, 5.41) is 3.76. The van der Waals surface area contributed by atoms with Gasteiger partial charge in [-0.25, -0.2) is 0 Å². The van der Waals surface area contributed by atoms with Crippen molar-refractivity contribution in [2.45, 2.75) is 65.0 Å². The van der Waals surface area contributed by atoms with E-state index in [1.165, 1.54) is 19.3 Å². The van der Waals surface area contributed by atoms with E-state index in [1.807, 2.05) is 0 Å². The maximum absolute atomic E-state index is 11.3. The Hall–Kier alpha value is 0.110. The summed E-state index contributed by atoms with van der Waals surface area (Å²) in [6, 6.07) is 1.28. The summed E-state index contributed by atoms with van der Waals surface area (Å²) >= 11 is 0. The van der Waals surface area contributed by atoms with Crippen molar-refractivity contribution in [1.29, 1.82) is 0 Å². The lowest BCUT2D eigenvalue weighted by Crippen LogP contribution is -2.42. The number of hydrogen-bond acceptors (Lipinski definition) is 2. The predicted octanol–water partition coefficient (Wildman–Crippen LogP) is 2.70. The van der Waals surface area contributed by atoms with Crippen LogP contribution in [-0.4, -0.2) is 27.8 Å². The summed E-state index contributed by atoms with van der Waals surface area (Å²) in [6.07, 6.45) is 5.97. The van der Waals surface area contributed by atoms with Gasteiger partial charge >= 0.3 is 0 Å². The van der Waals surface area contributed by atoms with Crippen LogP contribution in [-0.2, 0) is 10.8 Å². The Bertz CT molecular complexity index is 210. The lowest BCUT2D eigenvalue weighted by Gasteiger charge is -2.29. The van der Waals surface area contributed by atoms with Crippen molar-refractivity contribution in [3.63, 3.8) is 0 Å². The Morgan fingerprint density at radius 3 is 2.38 bits per heavy atom. The van der Waals surface area contributed by atoms with Gasteiger partial charge in [0.05, 0.1) is 0 Å². The minimum Gasteiger partial charge on any atom is -0.311 e. The van der Waals surface area contributed by atoms with Crippen molar-refractivity contribution in [2.24, 2.45) is 5.92 Å². The lowest BCUT2D eigenvalue weighted by atomic mass is 9.96. The van der Waals surface area contributed by atoms with Crippen LogP contribution in [0.4, 0.5) is 0 Å². The van der Waals surface area contributed by atoms with Crippen molar-refractivity contribution in [2.75, 3.05) is 11.5 Å². The summed E-state index contributed by atoms with van der Waals surface area (Å²) in [7, 11) is -0.530. The first-order chi connectivity index (χ1) is 7.65. The number of hydrogen-bond donors (Lipinski definition) is 1. The van der Waals surface area contributed by atoms with Gasteiger partial charge in [0.25, 0.3) is 0 Å². The Kier molecular flexibility index (Phi) is 6.59. The average molecular weight is 245 g/mol. The fourth-order valence-corrected chi connectivity index (χ4v) is 3.60. The molecule has 3 heteroatoms. The molecule has 96 valence electrons. The van der Waals surface area contributed by atoms with Crippen LogP contribution in [0.25, 0.3) is 0 Å². The molecular weight excluding hydrogens is 218 g/mol. The van der Waals surface area contributed by atoms with Gasteiger partial charge in [0.2, 0.25) is 0 Å². The van der Waals surface area contributed by atoms with Crippen LogP contribution in [0.2, 0.25) is 0 Å². The molecule has 1 rings (SSSR count). The third kappa shape index (κ3) is 4.96. The molecule has 0 aromatic heterocycles. The van der Waals surface area contributed by atoms with E-state index in [-0.39, 0.29) is 0 Å². The molecule has 16 heavy (non-hydrogen) atoms. The first-order valence-electron chi connectivity index (χ1n) is 6.76. The zero-order chi connectivity index (χ0) is 12.0. The molecule has 1 fully saturated rings.